The molecule has 0 bridgehead atoms. The third kappa shape index (κ3) is 4.93. The van der Waals surface area contributed by atoms with Gasteiger partial charge in [-0.25, -0.2) is 9.97 Å². The number of hydrogen-bond acceptors (Lipinski definition) is 7. The monoisotopic (exact) mass is 455 g/mol. The first-order valence-electron chi connectivity index (χ1n) is 11.4. The number of Topliss-reactive ketones (excluding diaryl/α,β-unsaturated/α-hetero) is 2. The number of allylic oxidation sites excluding steroid dienone is 1. The van der Waals surface area contributed by atoms with E-state index in [1.165, 1.54) is 0 Å². The predicted molar refractivity (Wildman–Crippen MR) is 130 cm³/mol. The van der Waals surface area contributed by atoms with Crippen LogP contribution in [0.15, 0.2) is 49.2 Å². The Bertz CT molecular complexity index is 1230. The maximum Gasteiger partial charge on any atom is 0.159 e. The highest BCUT2D eigenvalue weighted by atomic mass is 16.2. The number of hydrogen-bond donors (Lipinski definition) is 1. The van der Waals surface area contributed by atoms with Crippen LogP contribution in [0.5, 0.6) is 0 Å². The quantitative estimate of drug-likeness (QED) is 0.536. The molecule has 1 fully saturated rings. The highest BCUT2D eigenvalue weighted by molar-refractivity contribution is 6.15. The Kier molecular flexibility index (Phi) is 6.63. The summed E-state index contributed by atoms with van der Waals surface area (Å²) in [5.74, 6) is -0.536. The molecule has 3 aromatic rings. The summed E-state index contributed by atoms with van der Waals surface area (Å²) in [7, 11) is 0. The second-order valence-electron chi connectivity index (χ2n) is 9.12. The van der Waals surface area contributed by atoms with E-state index in [4.69, 9.17) is 0 Å². The molecule has 0 aliphatic heterocycles. The standard InChI is InChI=1S/C27H29N5O2/c1-15-10-31-27(32-11-15)21-6-16(2)24(17(3)7-21)25-23(33)9-20(26(25)34)8-18(4)28-13-22-14-29-19(5)12-30-22/h6-7,10-12,14,20,25,28H,4,8-9,13H2,1-3,5H3. The highest BCUT2D eigenvalue weighted by Gasteiger charge is 2.43. The number of nitrogens with one attached hydrogen (secondary N) is 1. The van der Waals surface area contributed by atoms with Gasteiger partial charge in [0.15, 0.2) is 11.6 Å². The van der Waals surface area contributed by atoms with Crippen molar-refractivity contribution in [2.45, 2.75) is 53.0 Å². The summed E-state index contributed by atoms with van der Waals surface area (Å²) in [6.45, 7) is 12.2. The topological polar surface area (TPSA) is 97.7 Å². The van der Waals surface area contributed by atoms with Gasteiger partial charge < -0.3 is 5.32 Å². The molecule has 0 radical (unpaired) electrons. The van der Waals surface area contributed by atoms with Crippen molar-refractivity contribution in [2.75, 3.05) is 0 Å². The van der Waals surface area contributed by atoms with E-state index in [2.05, 4.69) is 31.8 Å². The van der Waals surface area contributed by atoms with Crippen LogP contribution in [0.4, 0.5) is 0 Å². The van der Waals surface area contributed by atoms with E-state index < -0.39 is 5.92 Å². The SMILES string of the molecule is C=C(CC1CC(=O)C(c2c(C)cc(-c3ncc(C)cn3)cc2C)C1=O)NCc1cnc(C)cn1. The van der Waals surface area contributed by atoms with Crippen LogP contribution >= 0.6 is 0 Å². The Morgan fingerprint density at radius 2 is 1.65 bits per heavy atom. The molecule has 0 amide bonds. The lowest BCUT2D eigenvalue weighted by Crippen LogP contribution is -2.20. The number of aromatic nitrogens is 4. The molecule has 7 nitrogen and oxygen atoms in total. The second-order valence-corrected chi connectivity index (χ2v) is 9.12. The fourth-order valence-electron chi connectivity index (χ4n) is 4.53. The van der Waals surface area contributed by atoms with Crippen molar-refractivity contribution in [1.82, 2.24) is 25.3 Å². The van der Waals surface area contributed by atoms with Crippen molar-refractivity contribution < 1.29 is 9.59 Å². The first-order valence-corrected chi connectivity index (χ1v) is 11.4. The van der Waals surface area contributed by atoms with Crippen molar-refractivity contribution in [3.8, 4) is 11.4 Å². The van der Waals surface area contributed by atoms with Crippen LogP contribution in [0.1, 0.15) is 52.4 Å². The van der Waals surface area contributed by atoms with E-state index in [1.54, 1.807) is 24.8 Å². The number of carbonyl (C=O) groups excluding carboxylic acids is 2. The molecule has 2 heterocycles. The van der Waals surface area contributed by atoms with Gasteiger partial charge in [-0.3, -0.25) is 19.6 Å². The van der Waals surface area contributed by atoms with Crippen LogP contribution in [0, 0.1) is 33.6 Å². The van der Waals surface area contributed by atoms with Crippen molar-refractivity contribution in [2.24, 2.45) is 5.92 Å². The van der Waals surface area contributed by atoms with E-state index in [1.807, 2.05) is 39.8 Å². The smallest absolute Gasteiger partial charge is 0.159 e. The zero-order chi connectivity index (χ0) is 24.4. The average molecular weight is 456 g/mol. The number of carbonyl (C=O) groups is 2. The second kappa shape index (κ2) is 9.63. The Morgan fingerprint density at radius 3 is 2.26 bits per heavy atom. The van der Waals surface area contributed by atoms with Crippen molar-refractivity contribution >= 4 is 11.6 Å². The first-order chi connectivity index (χ1) is 16.2. The third-order valence-corrected chi connectivity index (χ3v) is 6.22. The van der Waals surface area contributed by atoms with E-state index in [9.17, 15) is 9.59 Å². The van der Waals surface area contributed by atoms with Gasteiger partial charge in [0.25, 0.3) is 0 Å². The number of aryl methyl sites for hydroxylation is 4. The van der Waals surface area contributed by atoms with Crippen molar-refractivity contribution in [3.63, 3.8) is 0 Å². The number of rotatable bonds is 7. The summed E-state index contributed by atoms with van der Waals surface area (Å²) in [5, 5.41) is 3.21. The molecule has 1 aliphatic carbocycles. The number of benzene rings is 1. The first kappa shape index (κ1) is 23.4. The van der Waals surface area contributed by atoms with Crippen LogP contribution < -0.4 is 5.32 Å². The molecule has 7 heteroatoms. The Morgan fingerprint density at radius 1 is 0.971 bits per heavy atom. The minimum absolute atomic E-state index is 0.0299. The summed E-state index contributed by atoms with van der Waals surface area (Å²) in [4.78, 5) is 43.7. The van der Waals surface area contributed by atoms with Gasteiger partial charge in [-0.15, -0.1) is 0 Å². The largest absolute Gasteiger partial charge is 0.383 e. The van der Waals surface area contributed by atoms with Gasteiger partial charge >= 0.3 is 0 Å². The molecule has 1 aliphatic rings. The molecule has 174 valence electrons. The lowest BCUT2D eigenvalue weighted by Gasteiger charge is -2.17. The summed E-state index contributed by atoms with van der Waals surface area (Å²) < 4.78 is 0. The Balaban J connectivity index is 1.47. The zero-order valence-corrected chi connectivity index (χ0v) is 20.1. The van der Waals surface area contributed by atoms with Crippen LogP contribution in [0.3, 0.4) is 0 Å². The molecule has 1 saturated carbocycles. The van der Waals surface area contributed by atoms with Gasteiger partial charge in [-0.2, -0.15) is 0 Å². The lowest BCUT2D eigenvalue weighted by molar-refractivity contribution is -0.124. The normalized spacial score (nSPS) is 17.8. The van der Waals surface area contributed by atoms with Gasteiger partial charge in [0.05, 0.1) is 24.1 Å². The Labute approximate surface area is 199 Å². The number of ketones is 2. The van der Waals surface area contributed by atoms with E-state index in [0.717, 1.165) is 44.9 Å². The molecule has 2 atom stereocenters. The summed E-state index contributed by atoms with van der Waals surface area (Å²) in [6.07, 6.45) is 7.64. The molecule has 2 aromatic heterocycles. The van der Waals surface area contributed by atoms with Crippen molar-refractivity contribution in [3.05, 3.63) is 82.8 Å². The molecule has 2 unspecified atom stereocenters. The molecular weight excluding hydrogens is 426 g/mol. The minimum atomic E-state index is -0.728. The molecule has 1 N–H and O–H groups in total. The molecule has 0 saturated heterocycles. The lowest BCUT2D eigenvalue weighted by atomic mass is 9.86. The van der Waals surface area contributed by atoms with E-state index >= 15 is 0 Å². The summed E-state index contributed by atoms with van der Waals surface area (Å²) >= 11 is 0. The molecular formula is C27H29N5O2. The van der Waals surface area contributed by atoms with Crippen LogP contribution in [-0.2, 0) is 16.1 Å². The minimum Gasteiger partial charge on any atom is -0.383 e. The van der Waals surface area contributed by atoms with Gasteiger partial charge in [-0.05, 0) is 68.5 Å². The third-order valence-electron chi connectivity index (χ3n) is 6.22. The van der Waals surface area contributed by atoms with Crippen LogP contribution in [-0.4, -0.2) is 31.5 Å². The van der Waals surface area contributed by atoms with Gasteiger partial charge in [0, 0.05) is 42.2 Å². The molecule has 34 heavy (non-hydrogen) atoms. The fourth-order valence-corrected chi connectivity index (χ4v) is 4.53. The van der Waals surface area contributed by atoms with Crippen molar-refractivity contribution in [1.29, 1.82) is 0 Å². The van der Waals surface area contributed by atoms with Crippen LogP contribution in [0.2, 0.25) is 0 Å². The highest BCUT2D eigenvalue weighted by Crippen LogP contribution is 2.39. The predicted octanol–water partition coefficient (Wildman–Crippen LogP) is 4.10. The Hall–Kier alpha value is -3.74. The number of nitrogens with zero attached hydrogens (tertiary/aromatic N) is 4. The fraction of sp³-hybridized carbons (Fsp3) is 0.333. The molecule has 4 rings (SSSR count). The molecule has 1 aromatic carbocycles. The van der Waals surface area contributed by atoms with E-state index in [-0.39, 0.29) is 23.9 Å². The average Bonchev–Trinajstić information content (AvgIpc) is 3.06. The van der Waals surface area contributed by atoms with Gasteiger partial charge in [-0.1, -0.05) is 6.58 Å². The van der Waals surface area contributed by atoms with Gasteiger partial charge in [0.2, 0.25) is 0 Å². The zero-order valence-electron chi connectivity index (χ0n) is 20.1. The summed E-state index contributed by atoms with van der Waals surface area (Å²) in [6, 6.07) is 3.92. The summed E-state index contributed by atoms with van der Waals surface area (Å²) in [5.41, 5.74) is 6.85. The maximum absolute atomic E-state index is 13.3. The molecule has 0 spiro atoms. The van der Waals surface area contributed by atoms with Gasteiger partial charge in [0.1, 0.15) is 11.7 Å². The van der Waals surface area contributed by atoms with E-state index in [0.29, 0.717) is 18.8 Å². The maximum atomic E-state index is 13.3. The van der Waals surface area contributed by atoms with Crippen LogP contribution in [0.25, 0.3) is 11.4 Å².